The van der Waals surface area contributed by atoms with Gasteiger partial charge in [0.2, 0.25) is 0 Å². The minimum absolute atomic E-state index is 0.126. The van der Waals surface area contributed by atoms with Crippen molar-refractivity contribution in [3.8, 4) is 0 Å². The molecule has 0 atom stereocenters. The molecule has 0 aliphatic heterocycles. The first-order valence-corrected chi connectivity index (χ1v) is 6.83. The van der Waals surface area contributed by atoms with E-state index < -0.39 is 17.8 Å². The van der Waals surface area contributed by atoms with Crippen LogP contribution in [0.4, 0.5) is 14.9 Å². The fourth-order valence-corrected chi connectivity index (χ4v) is 2.03. The quantitative estimate of drug-likeness (QED) is 0.675. The van der Waals surface area contributed by atoms with Crippen LogP contribution in [0.3, 0.4) is 0 Å². The number of rotatable bonds is 5. The van der Waals surface area contributed by atoms with Crippen LogP contribution < -0.4 is 16.4 Å². The predicted octanol–water partition coefficient (Wildman–Crippen LogP) is 1.74. The molecule has 2 aromatic carbocycles. The fraction of sp³-hybridized carbons (Fsp3) is 0.125. The second-order valence-electron chi connectivity index (χ2n) is 4.79. The molecule has 0 radical (unpaired) electrons. The molecule has 0 aliphatic carbocycles. The van der Waals surface area contributed by atoms with Crippen LogP contribution in [-0.2, 0) is 13.2 Å². The number of urea groups is 1. The summed E-state index contributed by atoms with van der Waals surface area (Å²) in [6.07, 6.45) is 0. The molecule has 7 heteroatoms. The number of hydrogen-bond acceptors (Lipinski definition) is 3. The summed E-state index contributed by atoms with van der Waals surface area (Å²) in [5.74, 6) is -1.66. The number of halogens is 1. The molecule has 0 unspecified atom stereocenters. The van der Waals surface area contributed by atoms with Gasteiger partial charge in [0.1, 0.15) is 5.82 Å². The van der Waals surface area contributed by atoms with Crippen molar-refractivity contribution in [1.29, 1.82) is 0 Å². The molecular formula is C16H16FN3O3. The van der Waals surface area contributed by atoms with Gasteiger partial charge in [0.25, 0.3) is 5.91 Å². The Labute approximate surface area is 132 Å². The van der Waals surface area contributed by atoms with Crippen molar-refractivity contribution in [2.24, 2.45) is 5.73 Å². The van der Waals surface area contributed by atoms with E-state index in [0.717, 1.165) is 11.6 Å². The molecule has 5 N–H and O–H groups in total. The lowest BCUT2D eigenvalue weighted by Gasteiger charge is -2.11. The van der Waals surface area contributed by atoms with E-state index in [-0.39, 0.29) is 24.4 Å². The van der Waals surface area contributed by atoms with E-state index in [4.69, 9.17) is 5.73 Å². The van der Waals surface area contributed by atoms with Gasteiger partial charge in [-0.05, 0) is 29.3 Å². The molecule has 6 nitrogen and oxygen atoms in total. The van der Waals surface area contributed by atoms with Gasteiger partial charge in [-0.2, -0.15) is 0 Å². The van der Waals surface area contributed by atoms with Gasteiger partial charge in [0.05, 0.1) is 12.2 Å². The van der Waals surface area contributed by atoms with Crippen LogP contribution in [-0.4, -0.2) is 17.0 Å². The number of primary amides is 1. The molecule has 0 aliphatic rings. The number of nitrogens with one attached hydrogen (secondary N) is 2. The molecule has 0 fully saturated rings. The highest BCUT2D eigenvalue weighted by atomic mass is 19.1. The third-order valence-electron chi connectivity index (χ3n) is 3.22. The second-order valence-corrected chi connectivity index (χ2v) is 4.79. The Hall–Kier alpha value is -2.93. The SMILES string of the molecule is NC(=O)c1cc(NC(=O)NCc2ccccc2CO)ccc1F. The first-order valence-electron chi connectivity index (χ1n) is 6.83. The van der Waals surface area contributed by atoms with Crippen LogP contribution in [0.15, 0.2) is 42.5 Å². The molecule has 3 amide bonds. The average molecular weight is 317 g/mol. The number of nitrogens with two attached hydrogens (primary N) is 1. The van der Waals surface area contributed by atoms with Gasteiger partial charge in [0, 0.05) is 12.2 Å². The molecule has 0 saturated heterocycles. The van der Waals surface area contributed by atoms with Crippen molar-refractivity contribution >= 4 is 17.6 Å². The number of carbonyl (C=O) groups excluding carboxylic acids is 2. The van der Waals surface area contributed by atoms with Gasteiger partial charge in [-0.15, -0.1) is 0 Å². The Morgan fingerprint density at radius 1 is 1.13 bits per heavy atom. The Balaban J connectivity index is 2.00. The monoisotopic (exact) mass is 317 g/mol. The molecular weight excluding hydrogens is 301 g/mol. The van der Waals surface area contributed by atoms with Gasteiger partial charge in [-0.3, -0.25) is 4.79 Å². The minimum atomic E-state index is -0.913. The third-order valence-corrected chi connectivity index (χ3v) is 3.22. The molecule has 0 aromatic heterocycles. The van der Waals surface area contributed by atoms with E-state index >= 15 is 0 Å². The largest absolute Gasteiger partial charge is 0.392 e. The highest BCUT2D eigenvalue weighted by Crippen LogP contribution is 2.14. The Morgan fingerprint density at radius 2 is 1.83 bits per heavy atom. The van der Waals surface area contributed by atoms with Crippen LogP contribution in [0.2, 0.25) is 0 Å². The highest BCUT2D eigenvalue weighted by Gasteiger charge is 2.10. The van der Waals surface area contributed by atoms with Crippen LogP contribution in [0, 0.1) is 5.82 Å². The summed E-state index contributed by atoms with van der Waals surface area (Å²) in [6, 6.07) is 10.1. The summed E-state index contributed by atoms with van der Waals surface area (Å²) < 4.78 is 13.4. The molecule has 0 saturated carbocycles. The third kappa shape index (κ3) is 4.27. The van der Waals surface area contributed by atoms with Crippen molar-refractivity contribution in [3.05, 3.63) is 65.0 Å². The highest BCUT2D eigenvalue weighted by molar-refractivity contribution is 5.96. The van der Waals surface area contributed by atoms with E-state index in [1.165, 1.54) is 12.1 Å². The second kappa shape index (κ2) is 7.37. The lowest BCUT2D eigenvalue weighted by atomic mass is 10.1. The summed E-state index contributed by atoms with van der Waals surface area (Å²) in [4.78, 5) is 22.9. The van der Waals surface area contributed by atoms with Gasteiger partial charge in [0.15, 0.2) is 0 Å². The molecule has 23 heavy (non-hydrogen) atoms. The minimum Gasteiger partial charge on any atom is -0.392 e. The van der Waals surface area contributed by atoms with Crippen molar-refractivity contribution < 1.29 is 19.1 Å². The average Bonchev–Trinajstić information content (AvgIpc) is 2.54. The smallest absolute Gasteiger partial charge is 0.319 e. The van der Waals surface area contributed by atoms with Crippen molar-refractivity contribution in [2.45, 2.75) is 13.2 Å². The standard InChI is InChI=1S/C16H16FN3O3/c17-14-6-5-12(7-13(14)15(18)22)20-16(23)19-8-10-3-1-2-4-11(10)9-21/h1-7,21H,8-9H2,(H2,18,22)(H2,19,20,23). The normalized spacial score (nSPS) is 10.2. The van der Waals surface area contributed by atoms with Crippen LogP contribution >= 0.6 is 0 Å². The lowest BCUT2D eigenvalue weighted by molar-refractivity contribution is 0.0996. The molecule has 2 rings (SSSR count). The molecule has 2 aromatic rings. The van der Waals surface area contributed by atoms with Gasteiger partial charge in [-0.25, -0.2) is 9.18 Å². The van der Waals surface area contributed by atoms with Gasteiger partial charge >= 0.3 is 6.03 Å². The first kappa shape index (κ1) is 16.4. The van der Waals surface area contributed by atoms with Crippen molar-refractivity contribution in [2.75, 3.05) is 5.32 Å². The molecule has 0 bridgehead atoms. The van der Waals surface area contributed by atoms with Gasteiger partial charge < -0.3 is 21.5 Å². The van der Waals surface area contributed by atoms with E-state index in [2.05, 4.69) is 10.6 Å². The van der Waals surface area contributed by atoms with Crippen molar-refractivity contribution in [1.82, 2.24) is 5.32 Å². The molecule has 120 valence electrons. The topological polar surface area (TPSA) is 104 Å². The number of amides is 3. The maximum absolute atomic E-state index is 13.4. The lowest BCUT2D eigenvalue weighted by Crippen LogP contribution is -2.28. The zero-order valence-electron chi connectivity index (χ0n) is 12.2. The summed E-state index contributed by atoms with van der Waals surface area (Å²) >= 11 is 0. The van der Waals surface area contributed by atoms with E-state index in [1.807, 2.05) is 0 Å². The number of aliphatic hydroxyl groups excluding tert-OH is 1. The Bertz CT molecular complexity index is 734. The number of anilines is 1. The number of hydrogen-bond donors (Lipinski definition) is 4. The summed E-state index contributed by atoms with van der Waals surface area (Å²) in [5, 5.41) is 14.3. The summed E-state index contributed by atoms with van der Waals surface area (Å²) in [5.41, 5.74) is 6.49. The number of benzene rings is 2. The zero-order valence-corrected chi connectivity index (χ0v) is 12.2. The Morgan fingerprint density at radius 3 is 2.48 bits per heavy atom. The van der Waals surface area contributed by atoms with Crippen LogP contribution in [0.5, 0.6) is 0 Å². The van der Waals surface area contributed by atoms with E-state index in [9.17, 15) is 19.1 Å². The number of aliphatic hydroxyl groups is 1. The maximum atomic E-state index is 13.4. The summed E-state index contributed by atoms with van der Waals surface area (Å²) in [6.45, 7) is 0.0891. The first-order chi connectivity index (χ1) is 11.0. The maximum Gasteiger partial charge on any atom is 0.319 e. The molecule has 0 spiro atoms. The van der Waals surface area contributed by atoms with E-state index in [1.54, 1.807) is 24.3 Å². The Kier molecular flexibility index (Phi) is 5.27. The van der Waals surface area contributed by atoms with E-state index in [0.29, 0.717) is 5.56 Å². The van der Waals surface area contributed by atoms with Crippen LogP contribution in [0.25, 0.3) is 0 Å². The van der Waals surface area contributed by atoms with Crippen molar-refractivity contribution in [3.63, 3.8) is 0 Å². The predicted molar refractivity (Wildman–Crippen MR) is 83.1 cm³/mol. The zero-order chi connectivity index (χ0) is 16.8. The fourth-order valence-electron chi connectivity index (χ4n) is 2.03. The number of carbonyl (C=O) groups is 2. The summed E-state index contributed by atoms with van der Waals surface area (Å²) in [7, 11) is 0. The van der Waals surface area contributed by atoms with Gasteiger partial charge in [-0.1, -0.05) is 24.3 Å². The van der Waals surface area contributed by atoms with Crippen LogP contribution in [0.1, 0.15) is 21.5 Å². The molecule has 0 heterocycles.